The summed E-state index contributed by atoms with van der Waals surface area (Å²) in [7, 11) is 1.34. The second kappa shape index (κ2) is 5.17. The smallest absolute Gasteiger partial charge is 0.337 e. The van der Waals surface area contributed by atoms with Crippen molar-refractivity contribution in [3.8, 4) is 0 Å². The average molecular weight is 303 g/mol. The van der Waals surface area contributed by atoms with Gasteiger partial charge in [0.25, 0.3) is 0 Å². The van der Waals surface area contributed by atoms with Crippen LogP contribution in [0.5, 0.6) is 0 Å². The summed E-state index contributed by atoms with van der Waals surface area (Å²) in [6, 6.07) is 7.04. The molecule has 1 aromatic carbocycles. The number of carbonyl (C=O) groups is 2. The number of rotatable bonds is 2. The van der Waals surface area contributed by atoms with Crippen LogP contribution >= 0.6 is 11.3 Å². The van der Waals surface area contributed by atoms with Crippen LogP contribution in [0, 0.1) is 0 Å². The van der Waals surface area contributed by atoms with Crippen molar-refractivity contribution in [2.75, 3.05) is 18.2 Å². The number of amides is 1. The zero-order chi connectivity index (χ0) is 15.0. The van der Waals surface area contributed by atoms with Gasteiger partial charge in [0, 0.05) is 12.3 Å². The Hall–Kier alpha value is -2.41. The van der Waals surface area contributed by atoms with E-state index < -0.39 is 0 Å². The standard InChI is InChI=1S/C14H13N3O3S/c1-20-13(19)8-4-2-7(3-5-8)9-6-10(18)16-12-11(9)21-14(15)17-12/h2-5,9H,6H2,1H3,(H2,15,17)(H,16,18)/t9-/m0/s1. The Kier molecular flexibility index (Phi) is 3.34. The van der Waals surface area contributed by atoms with Crippen molar-refractivity contribution >= 4 is 34.2 Å². The van der Waals surface area contributed by atoms with Crippen LogP contribution < -0.4 is 11.1 Å². The van der Waals surface area contributed by atoms with E-state index in [1.165, 1.54) is 18.4 Å². The van der Waals surface area contributed by atoms with Crippen LogP contribution in [0.25, 0.3) is 0 Å². The van der Waals surface area contributed by atoms with Crippen molar-refractivity contribution in [2.24, 2.45) is 0 Å². The highest BCUT2D eigenvalue weighted by Gasteiger charge is 2.30. The van der Waals surface area contributed by atoms with Gasteiger partial charge in [-0.2, -0.15) is 0 Å². The molecule has 0 aliphatic carbocycles. The SMILES string of the molecule is COC(=O)c1ccc([C@@H]2CC(=O)Nc3nc(N)sc32)cc1. The first-order chi connectivity index (χ1) is 10.1. The Bertz CT molecular complexity index is 709. The number of esters is 1. The Morgan fingerprint density at radius 3 is 2.81 bits per heavy atom. The molecule has 1 amide bonds. The molecule has 3 rings (SSSR count). The van der Waals surface area contributed by atoms with Crippen LogP contribution in [-0.2, 0) is 9.53 Å². The van der Waals surface area contributed by atoms with Crippen molar-refractivity contribution in [3.05, 3.63) is 40.3 Å². The normalized spacial score (nSPS) is 17.0. The number of nitrogens with two attached hydrogens (primary N) is 1. The second-order valence-electron chi connectivity index (χ2n) is 4.68. The number of nitrogens with one attached hydrogen (secondary N) is 1. The van der Waals surface area contributed by atoms with Crippen LogP contribution in [0.3, 0.4) is 0 Å². The number of thiazole rings is 1. The summed E-state index contributed by atoms with van der Waals surface area (Å²) in [4.78, 5) is 28.3. The molecule has 0 saturated heterocycles. The number of nitrogen functional groups attached to an aromatic ring is 1. The molecule has 108 valence electrons. The molecule has 1 aromatic heterocycles. The lowest BCUT2D eigenvalue weighted by molar-refractivity contribution is -0.116. The molecule has 2 aromatic rings. The summed E-state index contributed by atoms with van der Waals surface area (Å²) in [5, 5.41) is 3.15. The van der Waals surface area contributed by atoms with Gasteiger partial charge in [-0.05, 0) is 17.7 Å². The number of ether oxygens (including phenoxy) is 1. The van der Waals surface area contributed by atoms with Gasteiger partial charge >= 0.3 is 5.97 Å². The third-order valence-electron chi connectivity index (χ3n) is 3.37. The highest BCUT2D eigenvalue weighted by Crippen LogP contribution is 2.41. The molecule has 1 aliphatic rings. The first kappa shape index (κ1) is 13.6. The quantitative estimate of drug-likeness (QED) is 0.827. The fourth-order valence-corrected chi connectivity index (χ4v) is 3.29. The maximum atomic E-state index is 11.8. The van der Waals surface area contributed by atoms with Gasteiger partial charge in [-0.3, -0.25) is 4.79 Å². The molecule has 0 spiro atoms. The van der Waals surface area contributed by atoms with Crippen molar-refractivity contribution in [1.29, 1.82) is 0 Å². The number of aromatic nitrogens is 1. The molecule has 0 bridgehead atoms. The molecule has 3 N–H and O–H groups in total. The fourth-order valence-electron chi connectivity index (χ4n) is 2.37. The summed E-state index contributed by atoms with van der Waals surface area (Å²) < 4.78 is 4.67. The summed E-state index contributed by atoms with van der Waals surface area (Å²) in [5.41, 5.74) is 7.14. The topological polar surface area (TPSA) is 94.3 Å². The number of methoxy groups -OCH3 is 1. The van der Waals surface area contributed by atoms with E-state index >= 15 is 0 Å². The molecule has 21 heavy (non-hydrogen) atoms. The zero-order valence-corrected chi connectivity index (χ0v) is 12.1. The minimum absolute atomic E-state index is 0.0877. The number of nitrogens with zero attached hydrogens (tertiary/aromatic N) is 1. The van der Waals surface area contributed by atoms with Gasteiger partial charge in [-0.15, -0.1) is 0 Å². The molecule has 2 heterocycles. The minimum Gasteiger partial charge on any atom is -0.465 e. The first-order valence-corrected chi connectivity index (χ1v) is 7.14. The molecule has 0 saturated carbocycles. The van der Waals surface area contributed by atoms with E-state index in [4.69, 9.17) is 5.73 Å². The maximum absolute atomic E-state index is 11.8. The lowest BCUT2D eigenvalue weighted by Gasteiger charge is -2.21. The number of anilines is 2. The van der Waals surface area contributed by atoms with Crippen molar-refractivity contribution in [1.82, 2.24) is 4.98 Å². The van der Waals surface area contributed by atoms with E-state index in [0.29, 0.717) is 22.9 Å². The van der Waals surface area contributed by atoms with E-state index in [0.717, 1.165) is 10.4 Å². The van der Waals surface area contributed by atoms with E-state index in [1.807, 2.05) is 12.1 Å². The van der Waals surface area contributed by atoms with E-state index in [1.54, 1.807) is 12.1 Å². The second-order valence-corrected chi connectivity index (χ2v) is 5.75. The van der Waals surface area contributed by atoms with Gasteiger partial charge in [0.05, 0.1) is 17.6 Å². The van der Waals surface area contributed by atoms with Gasteiger partial charge in [0.1, 0.15) is 5.82 Å². The summed E-state index contributed by atoms with van der Waals surface area (Å²) in [5.74, 6) is -0.0217. The van der Waals surface area contributed by atoms with Gasteiger partial charge in [-0.1, -0.05) is 23.5 Å². The largest absolute Gasteiger partial charge is 0.465 e. The number of benzene rings is 1. The Morgan fingerprint density at radius 1 is 1.43 bits per heavy atom. The number of carbonyl (C=O) groups excluding carboxylic acids is 2. The summed E-state index contributed by atoms with van der Waals surface area (Å²) >= 11 is 1.37. The van der Waals surface area contributed by atoms with Crippen molar-refractivity contribution < 1.29 is 14.3 Å². The van der Waals surface area contributed by atoms with Gasteiger partial charge in [0.2, 0.25) is 5.91 Å². The molecule has 1 atom stereocenters. The summed E-state index contributed by atoms with van der Waals surface area (Å²) in [6.45, 7) is 0. The van der Waals surface area contributed by atoms with Crippen LogP contribution in [0.2, 0.25) is 0 Å². The molecule has 7 heteroatoms. The van der Waals surface area contributed by atoms with E-state index in [9.17, 15) is 9.59 Å². The zero-order valence-electron chi connectivity index (χ0n) is 11.3. The minimum atomic E-state index is -0.384. The van der Waals surface area contributed by atoms with Gasteiger partial charge < -0.3 is 15.8 Å². The third-order valence-corrected chi connectivity index (χ3v) is 4.37. The van der Waals surface area contributed by atoms with Gasteiger partial charge in [-0.25, -0.2) is 9.78 Å². The molecule has 6 nitrogen and oxygen atoms in total. The third kappa shape index (κ3) is 2.47. The van der Waals surface area contributed by atoms with E-state index in [-0.39, 0.29) is 17.8 Å². The molecular weight excluding hydrogens is 290 g/mol. The average Bonchev–Trinajstić information content (AvgIpc) is 2.85. The van der Waals surface area contributed by atoms with E-state index in [2.05, 4.69) is 15.0 Å². The highest BCUT2D eigenvalue weighted by molar-refractivity contribution is 7.16. The number of fused-ring (bicyclic) bond motifs is 1. The Balaban J connectivity index is 1.96. The summed E-state index contributed by atoms with van der Waals surface area (Å²) in [6.07, 6.45) is 0.339. The Labute approximate surface area is 124 Å². The van der Waals surface area contributed by atoms with Crippen LogP contribution in [0.15, 0.2) is 24.3 Å². The molecule has 0 fully saturated rings. The van der Waals surface area contributed by atoms with Gasteiger partial charge in [0.15, 0.2) is 5.13 Å². The lowest BCUT2D eigenvalue weighted by atomic mass is 9.91. The lowest BCUT2D eigenvalue weighted by Crippen LogP contribution is -2.22. The molecule has 1 aliphatic heterocycles. The van der Waals surface area contributed by atoms with Crippen LogP contribution in [0.4, 0.5) is 10.9 Å². The van der Waals surface area contributed by atoms with Crippen molar-refractivity contribution in [2.45, 2.75) is 12.3 Å². The van der Waals surface area contributed by atoms with Crippen LogP contribution in [0.1, 0.15) is 33.1 Å². The van der Waals surface area contributed by atoms with Crippen molar-refractivity contribution in [3.63, 3.8) is 0 Å². The number of hydrogen-bond donors (Lipinski definition) is 2. The first-order valence-electron chi connectivity index (χ1n) is 6.33. The predicted octanol–water partition coefficient (Wildman–Crippen LogP) is 1.99. The highest BCUT2D eigenvalue weighted by atomic mass is 32.1. The predicted molar refractivity (Wildman–Crippen MR) is 79.4 cm³/mol. The number of hydrogen-bond acceptors (Lipinski definition) is 6. The Morgan fingerprint density at radius 2 is 2.14 bits per heavy atom. The molecular formula is C14H13N3O3S. The van der Waals surface area contributed by atoms with Crippen LogP contribution in [-0.4, -0.2) is 24.0 Å². The fraction of sp³-hybridized carbons (Fsp3) is 0.214. The molecule has 0 radical (unpaired) electrons. The molecule has 0 unspecified atom stereocenters. The monoisotopic (exact) mass is 303 g/mol. The maximum Gasteiger partial charge on any atom is 0.337 e.